The summed E-state index contributed by atoms with van der Waals surface area (Å²) in [7, 11) is 0. The number of hydrogen-bond donors (Lipinski definition) is 0. The lowest BCUT2D eigenvalue weighted by atomic mass is 10.2. The summed E-state index contributed by atoms with van der Waals surface area (Å²) in [6, 6.07) is 1.92. The highest BCUT2D eigenvalue weighted by molar-refractivity contribution is 5.69. The van der Waals surface area contributed by atoms with Crippen molar-refractivity contribution in [3.05, 3.63) is 24.3 Å². The lowest BCUT2D eigenvalue weighted by molar-refractivity contribution is -0.142. The lowest BCUT2D eigenvalue weighted by Crippen LogP contribution is -2.19. The zero-order valence-corrected chi connectivity index (χ0v) is 16.4. The molecule has 0 amide bonds. The number of nitrogens with zero attached hydrogens (tertiary/aromatic N) is 7. The van der Waals surface area contributed by atoms with Gasteiger partial charge < -0.3 is 14.2 Å². The number of pyridine rings is 1. The second kappa shape index (κ2) is 6.99. The largest absolute Gasteiger partial charge is 0.491 e. The van der Waals surface area contributed by atoms with Gasteiger partial charge in [0.2, 0.25) is 0 Å². The van der Waals surface area contributed by atoms with E-state index in [9.17, 15) is 13.2 Å². The summed E-state index contributed by atoms with van der Waals surface area (Å²) in [5.74, 6) is 2.49. The number of aromatic nitrogens is 6. The molecule has 2 aliphatic rings. The van der Waals surface area contributed by atoms with Crippen molar-refractivity contribution in [2.24, 2.45) is 0 Å². The monoisotopic (exact) mass is 419 g/mol. The molecule has 0 atom stereocenters. The topological polar surface area (TPSA) is 73.9 Å². The Morgan fingerprint density at radius 1 is 1.10 bits per heavy atom. The Morgan fingerprint density at radius 3 is 2.67 bits per heavy atom. The van der Waals surface area contributed by atoms with E-state index in [0.717, 1.165) is 36.4 Å². The molecule has 3 aromatic rings. The SMILES string of the molecule is Cc1nc(-c2cn3c(n2)-c2cnc(N4CCCC4)cc2OCC3)n(CC(F)(F)F)n1. The van der Waals surface area contributed by atoms with Crippen LogP contribution in [0.2, 0.25) is 0 Å². The molecule has 0 aromatic carbocycles. The maximum Gasteiger partial charge on any atom is 0.408 e. The number of rotatable bonds is 3. The highest BCUT2D eigenvalue weighted by Gasteiger charge is 2.31. The molecule has 0 N–H and O–H groups in total. The van der Waals surface area contributed by atoms with Crippen LogP contribution < -0.4 is 9.64 Å². The van der Waals surface area contributed by atoms with Crippen LogP contribution >= 0.6 is 0 Å². The van der Waals surface area contributed by atoms with Crippen LogP contribution in [-0.2, 0) is 13.1 Å². The Kier molecular flexibility index (Phi) is 4.40. The average molecular weight is 419 g/mol. The van der Waals surface area contributed by atoms with E-state index in [2.05, 4.69) is 25.0 Å². The van der Waals surface area contributed by atoms with Gasteiger partial charge in [-0.15, -0.1) is 0 Å². The predicted molar refractivity (Wildman–Crippen MR) is 102 cm³/mol. The van der Waals surface area contributed by atoms with Gasteiger partial charge in [0.05, 0.1) is 12.1 Å². The number of hydrogen-bond acceptors (Lipinski definition) is 6. The first-order valence-corrected chi connectivity index (χ1v) is 9.81. The molecule has 158 valence electrons. The van der Waals surface area contributed by atoms with Crippen LogP contribution in [0.3, 0.4) is 0 Å². The highest BCUT2D eigenvalue weighted by Crippen LogP contribution is 2.36. The van der Waals surface area contributed by atoms with Gasteiger partial charge in [0.1, 0.15) is 42.1 Å². The quantitative estimate of drug-likeness (QED) is 0.650. The molecule has 3 aromatic heterocycles. The molecule has 11 heteroatoms. The molecule has 0 bridgehead atoms. The summed E-state index contributed by atoms with van der Waals surface area (Å²) >= 11 is 0. The zero-order chi connectivity index (χ0) is 20.9. The molecule has 5 rings (SSSR count). The lowest BCUT2D eigenvalue weighted by Gasteiger charge is -2.17. The fourth-order valence-electron chi connectivity index (χ4n) is 3.92. The van der Waals surface area contributed by atoms with Crippen molar-refractivity contribution in [2.45, 2.75) is 39.0 Å². The number of imidazole rings is 1. The summed E-state index contributed by atoms with van der Waals surface area (Å²) in [4.78, 5) is 15.6. The Balaban J connectivity index is 1.54. The number of halogens is 3. The summed E-state index contributed by atoms with van der Waals surface area (Å²) < 4.78 is 47.5. The van der Waals surface area contributed by atoms with E-state index in [1.165, 1.54) is 0 Å². The van der Waals surface area contributed by atoms with Crippen molar-refractivity contribution in [2.75, 3.05) is 24.6 Å². The molecule has 0 radical (unpaired) electrons. The molecule has 1 saturated heterocycles. The van der Waals surface area contributed by atoms with Crippen molar-refractivity contribution in [3.63, 3.8) is 0 Å². The molecule has 30 heavy (non-hydrogen) atoms. The standard InChI is InChI=1S/C19H20F3N7O/c1-12-24-18(29(26-12)11-19(20,21)22)14-10-28-6-7-30-15-8-16(27-4-2-3-5-27)23-9-13(15)17(28)25-14/h8-10H,2-7,11H2,1H3. The fraction of sp³-hybridized carbons (Fsp3) is 0.474. The minimum atomic E-state index is -4.40. The first-order chi connectivity index (χ1) is 14.4. The highest BCUT2D eigenvalue weighted by atomic mass is 19.4. The molecule has 5 heterocycles. The summed E-state index contributed by atoms with van der Waals surface area (Å²) in [6.07, 6.45) is 1.31. The summed E-state index contributed by atoms with van der Waals surface area (Å²) in [6.45, 7) is 3.23. The molecule has 2 aliphatic heterocycles. The van der Waals surface area contributed by atoms with E-state index in [1.54, 1.807) is 19.3 Å². The van der Waals surface area contributed by atoms with Gasteiger partial charge in [-0.1, -0.05) is 0 Å². The number of anilines is 1. The van der Waals surface area contributed by atoms with Gasteiger partial charge >= 0.3 is 6.18 Å². The molecule has 0 saturated carbocycles. The number of ether oxygens (including phenoxy) is 1. The van der Waals surface area contributed by atoms with E-state index >= 15 is 0 Å². The van der Waals surface area contributed by atoms with Gasteiger partial charge in [-0.05, 0) is 19.8 Å². The molecular formula is C19H20F3N7O. The van der Waals surface area contributed by atoms with Crippen LogP contribution in [0.5, 0.6) is 5.75 Å². The van der Waals surface area contributed by atoms with Crippen molar-refractivity contribution in [1.29, 1.82) is 0 Å². The number of fused-ring (bicyclic) bond motifs is 3. The Labute approximate surface area is 170 Å². The second-order valence-electron chi connectivity index (χ2n) is 7.48. The van der Waals surface area contributed by atoms with Gasteiger partial charge in [-0.3, -0.25) is 0 Å². The first kappa shape index (κ1) is 18.9. The minimum absolute atomic E-state index is 0.0921. The van der Waals surface area contributed by atoms with Crippen molar-refractivity contribution < 1.29 is 17.9 Å². The van der Waals surface area contributed by atoms with Gasteiger partial charge in [0.15, 0.2) is 5.82 Å². The fourth-order valence-corrected chi connectivity index (χ4v) is 3.92. The molecule has 0 spiro atoms. The third-order valence-electron chi connectivity index (χ3n) is 5.22. The van der Waals surface area contributed by atoms with Crippen LogP contribution in [0.25, 0.3) is 22.9 Å². The molecule has 8 nitrogen and oxygen atoms in total. The maximum atomic E-state index is 12.9. The van der Waals surface area contributed by atoms with E-state index in [1.807, 2.05) is 10.6 Å². The Hall–Kier alpha value is -3.11. The number of alkyl halides is 3. The van der Waals surface area contributed by atoms with E-state index in [4.69, 9.17) is 4.74 Å². The van der Waals surface area contributed by atoms with Crippen LogP contribution in [0.4, 0.5) is 19.0 Å². The minimum Gasteiger partial charge on any atom is -0.491 e. The van der Waals surface area contributed by atoms with E-state index in [0.29, 0.717) is 36.0 Å². The van der Waals surface area contributed by atoms with Gasteiger partial charge in [-0.2, -0.15) is 18.3 Å². The maximum absolute atomic E-state index is 12.9. The Morgan fingerprint density at radius 2 is 1.90 bits per heavy atom. The third-order valence-corrected chi connectivity index (χ3v) is 5.22. The van der Waals surface area contributed by atoms with Crippen LogP contribution in [0, 0.1) is 6.92 Å². The predicted octanol–water partition coefficient (Wildman–Crippen LogP) is 3.07. The number of aryl methyl sites for hydroxylation is 1. The summed E-state index contributed by atoms with van der Waals surface area (Å²) in [5, 5.41) is 3.89. The van der Waals surface area contributed by atoms with Crippen LogP contribution in [0.1, 0.15) is 18.7 Å². The summed E-state index contributed by atoms with van der Waals surface area (Å²) in [5.41, 5.74) is 1.05. The normalized spacial score (nSPS) is 16.2. The van der Waals surface area contributed by atoms with Crippen molar-refractivity contribution >= 4 is 5.82 Å². The average Bonchev–Trinajstić information content (AvgIpc) is 3.39. The molecule has 0 aliphatic carbocycles. The second-order valence-corrected chi connectivity index (χ2v) is 7.48. The van der Waals surface area contributed by atoms with Gasteiger partial charge in [0.25, 0.3) is 0 Å². The smallest absolute Gasteiger partial charge is 0.408 e. The van der Waals surface area contributed by atoms with Crippen molar-refractivity contribution in [3.8, 4) is 28.7 Å². The molecule has 0 unspecified atom stereocenters. The molecule has 1 fully saturated rings. The Bertz CT molecular complexity index is 1080. The van der Waals surface area contributed by atoms with Crippen molar-refractivity contribution in [1.82, 2.24) is 29.3 Å². The van der Waals surface area contributed by atoms with Gasteiger partial charge in [0, 0.05) is 31.5 Å². The molecular weight excluding hydrogens is 399 g/mol. The van der Waals surface area contributed by atoms with Gasteiger partial charge in [-0.25, -0.2) is 19.6 Å². The van der Waals surface area contributed by atoms with Crippen LogP contribution in [0.15, 0.2) is 18.5 Å². The van der Waals surface area contributed by atoms with Crippen LogP contribution in [-0.4, -0.2) is 55.2 Å². The first-order valence-electron chi connectivity index (χ1n) is 9.81. The van der Waals surface area contributed by atoms with E-state index in [-0.39, 0.29) is 11.6 Å². The zero-order valence-electron chi connectivity index (χ0n) is 16.4. The van der Waals surface area contributed by atoms with E-state index < -0.39 is 12.7 Å². The third kappa shape index (κ3) is 3.48.